The smallest absolute Gasteiger partial charge is 0.178 e. The van der Waals surface area contributed by atoms with Crippen LogP contribution in [0.25, 0.3) is 11.3 Å². The van der Waals surface area contributed by atoms with Gasteiger partial charge >= 0.3 is 0 Å². The standard InChI is InChI=1S/C30H35ClN4OS/c1-19(2)27(25(14-9-15-32)28(36)29-20(3)33-21(4)37-29)30-34-26(23-12-8-13-24(31)16-23)18-35(30)17-22-10-6-5-7-11-22/h5-8,10-13,16,18-19,25,27H,9,14-15,17,32H2,1-4H3/t25-,27?/m1/s1. The molecule has 0 fully saturated rings. The van der Waals surface area contributed by atoms with Crippen molar-refractivity contribution in [3.05, 3.63) is 92.8 Å². The highest BCUT2D eigenvalue weighted by atomic mass is 35.5. The molecule has 2 aromatic carbocycles. The van der Waals surface area contributed by atoms with E-state index in [4.69, 9.17) is 22.3 Å². The molecule has 0 radical (unpaired) electrons. The fourth-order valence-electron chi connectivity index (χ4n) is 5.07. The summed E-state index contributed by atoms with van der Waals surface area (Å²) in [6, 6.07) is 18.1. The van der Waals surface area contributed by atoms with Crippen molar-refractivity contribution in [1.82, 2.24) is 14.5 Å². The summed E-state index contributed by atoms with van der Waals surface area (Å²) in [6.45, 7) is 9.45. The van der Waals surface area contributed by atoms with Crippen molar-refractivity contribution in [1.29, 1.82) is 0 Å². The highest BCUT2D eigenvalue weighted by Crippen LogP contribution is 2.39. The molecule has 2 N–H and O–H groups in total. The third kappa shape index (κ3) is 6.38. The van der Waals surface area contributed by atoms with Gasteiger partial charge in [-0.3, -0.25) is 4.79 Å². The van der Waals surface area contributed by atoms with Crippen LogP contribution in [0.3, 0.4) is 0 Å². The number of aromatic nitrogens is 3. The van der Waals surface area contributed by atoms with E-state index in [1.807, 2.05) is 56.3 Å². The molecule has 0 aliphatic heterocycles. The average molecular weight is 535 g/mol. The minimum Gasteiger partial charge on any atom is -0.330 e. The van der Waals surface area contributed by atoms with Gasteiger partial charge in [-0.1, -0.05) is 67.9 Å². The number of imidazole rings is 1. The second kappa shape index (κ2) is 12.2. The lowest BCUT2D eigenvalue weighted by atomic mass is 9.77. The Morgan fingerprint density at radius 3 is 2.46 bits per heavy atom. The van der Waals surface area contributed by atoms with E-state index in [0.29, 0.717) is 24.5 Å². The predicted octanol–water partition coefficient (Wildman–Crippen LogP) is 7.30. The summed E-state index contributed by atoms with van der Waals surface area (Å²) in [5, 5.41) is 1.58. The fourth-order valence-corrected chi connectivity index (χ4v) is 6.19. The van der Waals surface area contributed by atoms with Crippen LogP contribution in [-0.2, 0) is 6.54 Å². The van der Waals surface area contributed by atoms with E-state index in [1.54, 1.807) is 0 Å². The van der Waals surface area contributed by atoms with Gasteiger partial charge in [0.2, 0.25) is 0 Å². The first-order chi connectivity index (χ1) is 17.8. The number of thiazole rings is 1. The molecule has 4 rings (SSSR count). The van der Waals surface area contributed by atoms with Crippen molar-refractivity contribution in [3.63, 3.8) is 0 Å². The lowest BCUT2D eigenvalue weighted by molar-refractivity contribution is 0.0871. The average Bonchev–Trinajstić information content (AvgIpc) is 3.43. The highest BCUT2D eigenvalue weighted by Gasteiger charge is 2.36. The van der Waals surface area contributed by atoms with Crippen molar-refractivity contribution in [2.75, 3.05) is 6.54 Å². The van der Waals surface area contributed by atoms with E-state index >= 15 is 0 Å². The number of hydrogen-bond acceptors (Lipinski definition) is 5. The van der Waals surface area contributed by atoms with Gasteiger partial charge in [0.1, 0.15) is 5.82 Å². The minimum absolute atomic E-state index is 0.0856. The molecule has 37 heavy (non-hydrogen) atoms. The third-order valence-corrected chi connectivity index (χ3v) is 8.08. The van der Waals surface area contributed by atoms with Gasteiger partial charge in [0, 0.05) is 35.2 Å². The summed E-state index contributed by atoms with van der Waals surface area (Å²) in [7, 11) is 0. The Morgan fingerprint density at radius 1 is 1.08 bits per heavy atom. The van der Waals surface area contributed by atoms with Gasteiger partial charge in [-0.15, -0.1) is 11.3 Å². The van der Waals surface area contributed by atoms with Crippen LogP contribution in [0.2, 0.25) is 5.02 Å². The SMILES string of the molecule is Cc1nc(C)c(C(=O)[C@H](CCCN)C(c2nc(-c3cccc(Cl)c3)cn2Cc2ccccc2)C(C)C)s1. The second-order valence-corrected chi connectivity index (χ2v) is 11.6. The first-order valence-electron chi connectivity index (χ1n) is 12.8. The summed E-state index contributed by atoms with van der Waals surface area (Å²) in [5.74, 6) is 0.922. The number of carbonyl (C=O) groups is 1. The number of aryl methyl sites for hydroxylation is 2. The fraction of sp³-hybridized carbons (Fsp3) is 0.367. The van der Waals surface area contributed by atoms with E-state index < -0.39 is 0 Å². The molecule has 0 bridgehead atoms. The van der Waals surface area contributed by atoms with Gasteiger partial charge in [-0.25, -0.2) is 9.97 Å². The molecule has 0 aliphatic carbocycles. The Morgan fingerprint density at radius 2 is 1.84 bits per heavy atom. The van der Waals surface area contributed by atoms with Crippen LogP contribution in [0, 0.1) is 25.7 Å². The lowest BCUT2D eigenvalue weighted by Crippen LogP contribution is -2.29. The van der Waals surface area contributed by atoms with Crippen LogP contribution in [0.1, 0.15) is 64.4 Å². The molecule has 4 aromatic rings. The molecule has 0 amide bonds. The molecule has 0 saturated carbocycles. The van der Waals surface area contributed by atoms with Crippen LogP contribution >= 0.6 is 22.9 Å². The maximum atomic E-state index is 14.1. The van der Waals surface area contributed by atoms with Crippen LogP contribution in [0.5, 0.6) is 0 Å². The van der Waals surface area contributed by atoms with Gasteiger partial charge in [-0.2, -0.15) is 0 Å². The number of carbonyl (C=O) groups excluding carboxylic acids is 1. The van der Waals surface area contributed by atoms with Crippen molar-refractivity contribution in [2.45, 2.75) is 53.0 Å². The van der Waals surface area contributed by atoms with Gasteiger partial charge in [0.05, 0.1) is 21.3 Å². The molecule has 0 aliphatic rings. The Labute approximate surface area is 228 Å². The number of Topliss-reactive ketones (excluding diaryl/α,β-unsaturated/α-hetero) is 1. The topological polar surface area (TPSA) is 73.8 Å². The summed E-state index contributed by atoms with van der Waals surface area (Å²) < 4.78 is 2.21. The van der Waals surface area contributed by atoms with E-state index in [0.717, 1.165) is 39.1 Å². The zero-order valence-electron chi connectivity index (χ0n) is 21.9. The summed E-state index contributed by atoms with van der Waals surface area (Å²) >= 11 is 7.81. The summed E-state index contributed by atoms with van der Waals surface area (Å²) in [5.41, 5.74) is 9.74. The second-order valence-electron chi connectivity index (χ2n) is 9.93. The first-order valence-corrected chi connectivity index (χ1v) is 14.0. The molecule has 194 valence electrons. The van der Waals surface area contributed by atoms with Crippen molar-refractivity contribution < 1.29 is 4.79 Å². The Bertz CT molecular complexity index is 1340. The van der Waals surface area contributed by atoms with Gasteiger partial charge < -0.3 is 10.3 Å². The number of nitrogens with two attached hydrogens (primary N) is 1. The Kier molecular flexibility index (Phi) is 8.95. The number of nitrogens with zero attached hydrogens (tertiary/aromatic N) is 3. The largest absolute Gasteiger partial charge is 0.330 e. The Hall–Kier alpha value is -2.80. The normalized spacial score (nSPS) is 13.2. The van der Waals surface area contributed by atoms with Gasteiger partial charge in [0.25, 0.3) is 0 Å². The highest BCUT2D eigenvalue weighted by molar-refractivity contribution is 7.13. The quantitative estimate of drug-likeness (QED) is 0.205. The van der Waals surface area contributed by atoms with Crippen LogP contribution < -0.4 is 5.73 Å². The maximum Gasteiger partial charge on any atom is 0.178 e. The zero-order chi connectivity index (χ0) is 26.5. The maximum absolute atomic E-state index is 14.1. The first kappa shape index (κ1) is 27.2. The van der Waals surface area contributed by atoms with Crippen LogP contribution in [0.4, 0.5) is 0 Å². The predicted molar refractivity (Wildman–Crippen MR) is 153 cm³/mol. The molecule has 2 aromatic heterocycles. The van der Waals surface area contributed by atoms with Crippen molar-refractivity contribution in [2.24, 2.45) is 17.6 Å². The summed E-state index contributed by atoms with van der Waals surface area (Å²) in [4.78, 5) is 24.5. The number of hydrogen-bond donors (Lipinski definition) is 1. The van der Waals surface area contributed by atoms with E-state index in [1.165, 1.54) is 16.9 Å². The monoisotopic (exact) mass is 534 g/mol. The molecule has 1 unspecified atom stereocenters. The molecule has 2 heterocycles. The number of halogens is 1. The van der Waals surface area contributed by atoms with Crippen LogP contribution in [-0.4, -0.2) is 26.9 Å². The van der Waals surface area contributed by atoms with E-state index in [-0.39, 0.29) is 23.5 Å². The zero-order valence-corrected chi connectivity index (χ0v) is 23.5. The summed E-state index contributed by atoms with van der Waals surface area (Å²) in [6.07, 6.45) is 3.58. The number of rotatable bonds is 11. The molecule has 0 spiro atoms. The number of benzene rings is 2. The van der Waals surface area contributed by atoms with Crippen molar-refractivity contribution in [3.8, 4) is 11.3 Å². The number of ketones is 1. The minimum atomic E-state index is -0.244. The molecule has 5 nitrogen and oxygen atoms in total. The molecule has 7 heteroatoms. The Balaban J connectivity index is 1.84. The van der Waals surface area contributed by atoms with Gasteiger partial charge in [0.15, 0.2) is 5.78 Å². The molecule has 2 atom stereocenters. The third-order valence-electron chi connectivity index (χ3n) is 6.76. The van der Waals surface area contributed by atoms with Crippen LogP contribution in [0.15, 0.2) is 60.8 Å². The molecular weight excluding hydrogens is 500 g/mol. The van der Waals surface area contributed by atoms with E-state index in [9.17, 15) is 4.79 Å². The molecule has 0 saturated heterocycles. The lowest BCUT2D eigenvalue weighted by Gasteiger charge is -2.29. The van der Waals surface area contributed by atoms with Gasteiger partial charge in [-0.05, 0) is 56.8 Å². The van der Waals surface area contributed by atoms with E-state index in [2.05, 4.69) is 41.7 Å². The molecular formula is C30H35ClN4OS. The van der Waals surface area contributed by atoms with Crippen molar-refractivity contribution >= 4 is 28.7 Å².